The first-order chi connectivity index (χ1) is 14.2. The second-order valence-electron chi connectivity index (χ2n) is 6.45. The maximum absolute atomic E-state index is 13.1. The van der Waals surface area contributed by atoms with Gasteiger partial charge in [-0.2, -0.15) is 0 Å². The SMILES string of the molecule is C=CCOc1ccc2c(=O)c3ccccc3oc2c1C(=O)/C=C/c1ccccc1. The molecule has 0 aliphatic heterocycles. The van der Waals surface area contributed by atoms with Gasteiger partial charge in [0.25, 0.3) is 0 Å². The summed E-state index contributed by atoms with van der Waals surface area (Å²) in [7, 11) is 0. The third-order valence-corrected chi connectivity index (χ3v) is 4.54. The number of carbonyl (C=O) groups excluding carboxylic acids is 1. The van der Waals surface area contributed by atoms with Gasteiger partial charge >= 0.3 is 0 Å². The van der Waals surface area contributed by atoms with Gasteiger partial charge in [0.05, 0.1) is 10.8 Å². The molecule has 4 aromatic rings. The molecule has 0 bridgehead atoms. The van der Waals surface area contributed by atoms with E-state index in [9.17, 15) is 9.59 Å². The van der Waals surface area contributed by atoms with E-state index >= 15 is 0 Å². The predicted molar refractivity (Wildman–Crippen MR) is 115 cm³/mol. The number of ether oxygens (including phenoxy) is 1. The molecule has 4 nitrogen and oxygen atoms in total. The second-order valence-corrected chi connectivity index (χ2v) is 6.45. The van der Waals surface area contributed by atoms with E-state index in [2.05, 4.69) is 6.58 Å². The van der Waals surface area contributed by atoms with Crippen LogP contribution in [0.3, 0.4) is 0 Å². The summed E-state index contributed by atoms with van der Waals surface area (Å²) in [6.07, 6.45) is 4.77. The smallest absolute Gasteiger partial charge is 0.200 e. The topological polar surface area (TPSA) is 56.5 Å². The van der Waals surface area contributed by atoms with Crippen molar-refractivity contribution in [1.29, 1.82) is 0 Å². The monoisotopic (exact) mass is 382 g/mol. The van der Waals surface area contributed by atoms with E-state index in [-0.39, 0.29) is 29.0 Å². The Hall–Kier alpha value is -3.92. The van der Waals surface area contributed by atoms with Gasteiger partial charge in [0.2, 0.25) is 5.43 Å². The van der Waals surface area contributed by atoms with Gasteiger partial charge in [-0.05, 0) is 35.9 Å². The Morgan fingerprint density at radius 2 is 1.72 bits per heavy atom. The lowest BCUT2D eigenvalue weighted by Crippen LogP contribution is -2.08. The molecule has 0 N–H and O–H groups in total. The summed E-state index contributed by atoms with van der Waals surface area (Å²) >= 11 is 0. The zero-order valence-electron chi connectivity index (χ0n) is 15.6. The van der Waals surface area contributed by atoms with Crippen LogP contribution in [0.25, 0.3) is 28.0 Å². The summed E-state index contributed by atoms with van der Waals surface area (Å²) in [6.45, 7) is 3.87. The molecular weight excluding hydrogens is 364 g/mol. The van der Waals surface area contributed by atoms with Gasteiger partial charge in [-0.1, -0.05) is 61.2 Å². The summed E-state index contributed by atoms with van der Waals surface area (Å²) < 4.78 is 11.7. The lowest BCUT2D eigenvalue weighted by molar-refractivity contribution is 0.104. The zero-order chi connectivity index (χ0) is 20.2. The second kappa shape index (κ2) is 7.98. The molecule has 0 atom stereocenters. The van der Waals surface area contributed by atoms with Gasteiger partial charge < -0.3 is 9.15 Å². The Balaban J connectivity index is 1.92. The van der Waals surface area contributed by atoms with Crippen molar-refractivity contribution < 1.29 is 13.9 Å². The average molecular weight is 382 g/mol. The van der Waals surface area contributed by atoms with Crippen LogP contribution in [0.5, 0.6) is 5.75 Å². The number of fused-ring (bicyclic) bond motifs is 2. The van der Waals surface area contributed by atoms with Crippen LogP contribution in [0.1, 0.15) is 15.9 Å². The molecule has 0 radical (unpaired) electrons. The van der Waals surface area contributed by atoms with Crippen molar-refractivity contribution >= 4 is 33.8 Å². The maximum Gasteiger partial charge on any atom is 0.200 e. The molecule has 0 aliphatic rings. The van der Waals surface area contributed by atoms with Gasteiger partial charge in [0.1, 0.15) is 23.5 Å². The Kier molecular flexibility index (Phi) is 5.08. The first-order valence-corrected chi connectivity index (χ1v) is 9.19. The Bertz CT molecular complexity index is 1300. The number of benzene rings is 3. The van der Waals surface area contributed by atoms with Crippen LogP contribution in [-0.4, -0.2) is 12.4 Å². The van der Waals surface area contributed by atoms with Crippen LogP contribution in [0.4, 0.5) is 0 Å². The standard InChI is InChI=1S/C25H18O4/c1-2-16-28-22-15-13-19-24(27)18-10-6-7-11-21(18)29-25(19)23(22)20(26)14-12-17-8-4-3-5-9-17/h2-15H,1,16H2/b14-12+. The van der Waals surface area contributed by atoms with E-state index in [1.165, 1.54) is 6.08 Å². The summed E-state index contributed by atoms with van der Waals surface area (Å²) in [5.41, 5.74) is 1.57. The Morgan fingerprint density at radius 1 is 0.966 bits per heavy atom. The minimum atomic E-state index is -0.308. The van der Waals surface area contributed by atoms with E-state index in [1.54, 1.807) is 48.6 Å². The number of carbonyl (C=O) groups is 1. The highest BCUT2D eigenvalue weighted by Crippen LogP contribution is 2.30. The number of hydrogen-bond acceptors (Lipinski definition) is 4. The van der Waals surface area contributed by atoms with E-state index in [0.717, 1.165) is 5.56 Å². The fraction of sp³-hybridized carbons (Fsp3) is 0.0400. The van der Waals surface area contributed by atoms with Crippen LogP contribution in [0, 0.1) is 0 Å². The van der Waals surface area contributed by atoms with Gasteiger partial charge in [-0.3, -0.25) is 9.59 Å². The highest BCUT2D eigenvalue weighted by atomic mass is 16.5. The molecule has 0 saturated carbocycles. The van der Waals surface area contributed by atoms with Gasteiger partial charge in [0, 0.05) is 0 Å². The Morgan fingerprint density at radius 3 is 2.52 bits per heavy atom. The molecular formula is C25H18O4. The minimum absolute atomic E-state index is 0.182. The molecule has 0 unspecified atom stereocenters. The molecule has 142 valence electrons. The molecule has 4 rings (SSSR count). The maximum atomic E-state index is 13.1. The van der Waals surface area contributed by atoms with Crippen LogP contribution < -0.4 is 10.2 Å². The van der Waals surface area contributed by atoms with Crippen molar-refractivity contribution in [3.63, 3.8) is 0 Å². The van der Waals surface area contributed by atoms with Crippen LogP contribution >= 0.6 is 0 Å². The normalized spacial score (nSPS) is 11.2. The molecule has 1 aromatic heterocycles. The van der Waals surface area contributed by atoms with E-state index in [0.29, 0.717) is 22.1 Å². The highest BCUT2D eigenvalue weighted by molar-refractivity contribution is 6.16. The fourth-order valence-corrected chi connectivity index (χ4v) is 3.17. The number of ketones is 1. The molecule has 0 aliphatic carbocycles. The lowest BCUT2D eigenvalue weighted by atomic mass is 10.0. The van der Waals surface area contributed by atoms with E-state index < -0.39 is 0 Å². The molecule has 29 heavy (non-hydrogen) atoms. The molecule has 0 saturated heterocycles. The molecule has 0 fully saturated rings. The molecule has 4 heteroatoms. The first kappa shape index (κ1) is 18.4. The Labute approximate surface area is 167 Å². The number of hydrogen-bond donors (Lipinski definition) is 0. The minimum Gasteiger partial charge on any atom is -0.489 e. The number of para-hydroxylation sites is 1. The quantitative estimate of drug-likeness (QED) is 0.194. The lowest BCUT2D eigenvalue weighted by Gasteiger charge is -2.11. The summed E-state index contributed by atoms with van der Waals surface area (Å²) in [5.74, 6) is 0.0375. The molecule has 0 spiro atoms. The number of rotatable bonds is 6. The fourth-order valence-electron chi connectivity index (χ4n) is 3.17. The van der Waals surface area contributed by atoms with Crippen molar-refractivity contribution in [2.45, 2.75) is 0 Å². The first-order valence-electron chi connectivity index (χ1n) is 9.19. The highest BCUT2D eigenvalue weighted by Gasteiger charge is 2.20. The van der Waals surface area contributed by atoms with Gasteiger partial charge in [0.15, 0.2) is 11.4 Å². The van der Waals surface area contributed by atoms with Crippen molar-refractivity contribution in [3.8, 4) is 5.75 Å². The zero-order valence-corrected chi connectivity index (χ0v) is 15.6. The van der Waals surface area contributed by atoms with Crippen molar-refractivity contribution in [2.24, 2.45) is 0 Å². The van der Waals surface area contributed by atoms with Crippen LogP contribution in [0.15, 0.2) is 94.7 Å². The molecule has 0 amide bonds. The summed E-state index contributed by atoms with van der Waals surface area (Å²) in [4.78, 5) is 26.0. The van der Waals surface area contributed by atoms with Gasteiger partial charge in [-0.15, -0.1) is 0 Å². The van der Waals surface area contributed by atoms with Crippen LogP contribution in [-0.2, 0) is 0 Å². The van der Waals surface area contributed by atoms with Crippen molar-refractivity contribution in [3.05, 3.63) is 107 Å². The predicted octanol–water partition coefficient (Wildman–Crippen LogP) is 5.41. The van der Waals surface area contributed by atoms with E-state index in [1.807, 2.05) is 30.3 Å². The molecule has 1 heterocycles. The number of allylic oxidation sites excluding steroid dienone is 1. The largest absolute Gasteiger partial charge is 0.489 e. The summed E-state index contributed by atoms with van der Waals surface area (Å²) in [6, 6.07) is 19.7. The molecule has 3 aromatic carbocycles. The average Bonchev–Trinajstić information content (AvgIpc) is 2.76. The van der Waals surface area contributed by atoms with Crippen molar-refractivity contribution in [1.82, 2.24) is 0 Å². The third-order valence-electron chi connectivity index (χ3n) is 4.54. The van der Waals surface area contributed by atoms with Gasteiger partial charge in [-0.25, -0.2) is 0 Å². The summed E-state index contributed by atoms with van der Waals surface area (Å²) in [5, 5.41) is 0.809. The third kappa shape index (κ3) is 3.60. The van der Waals surface area contributed by atoms with E-state index in [4.69, 9.17) is 9.15 Å². The van der Waals surface area contributed by atoms with Crippen LogP contribution in [0.2, 0.25) is 0 Å². The van der Waals surface area contributed by atoms with Crippen molar-refractivity contribution in [2.75, 3.05) is 6.61 Å².